The van der Waals surface area contributed by atoms with Crippen LogP contribution >= 0.6 is 0 Å². The van der Waals surface area contributed by atoms with Gasteiger partial charge in [-0.05, 0) is 39.7 Å². The van der Waals surface area contributed by atoms with Gasteiger partial charge in [0.1, 0.15) is 5.82 Å². The fourth-order valence-electron chi connectivity index (χ4n) is 5.02. The van der Waals surface area contributed by atoms with E-state index in [0.29, 0.717) is 42.3 Å². The van der Waals surface area contributed by atoms with E-state index in [1.807, 2.05) is 13.8 Å². The number of nitrogens with one attached hydrogen (secondary N) is 1. The first-order chi connectivity index (χ1) is 15.8. The molecule has 0 aliphatic carbocycles. The van der Waals surface area contributed by atoms with Crippen LogP contribution in [0.3, 0.4) is 0 Å². The molecular weight excluding hydrogens is 431 g/mol. The summed E-state index contributed by atoms with van der Waals surface area (Å²) < 4.78 is 46.8. The highest BCUT2D eigenvalue weighted by molar-refractivity contribution is 5.93. The van der Waals surface area contributed by atoms with Crippen LogP contribution in [0.5, 0.6) is 0 Å². The Labute approximate surface area is 190 Å². The predicted molar refractivity (Wildman–Crippen MR) is 120 cm³/mol. The molecule has 0 saturated carbocycles. The second kappa shape index (κ2) is 8.44. The smallest absolute Gasteiger partial charge is 0.266 e. The number of rotatable bonds is 5. The van der Waals surface area contributed by atoms with Gasteiger partial charge in [-0.2, -0.15) is 5.10 Å². The molecule has 33 heavy (non-hydrogen) atoms. The number of pyridine rings is 1. The monoisotopic (exact) mass is 457 g/mol. The molecule has 174 valence electrons. The van der Waals surface area contributed by atoms with Crippen LogP contribution in [0.2, 0.25) is 0 Å². The van der Waals surface area contributed by atoms with E-state index < -0.39 is 23.8 Å². The van der Waals surface area contributed by atoms with Gasteiger partial charge < -0.3 is 15.0 Å². The summed E-state index contributed by atoms with van der Waals surface area (Å²) in [5.74, 6) is -0.462. The molecule has 2 fully saturated rings. The molecule has 9 heteroatoms. The van der Waals surface area contributed by atoms with Crippen molar-refractivity contribution in [1.29, 1.82) is 0 Å². The summed E-state index contributed by atoms with van der Waals surface area (Å²) in [6, 6.07) is 6.14. The van der Waals surface area contributed by atoms with Crippen LogP contribution in [-0.4, -0.2) is 40.5 Å². The van der Waals surface area contributed by atoms with E-state index in [2.05, 4.69) is 26.5 Å². The first-order valence-electron chi connectivity index (χ1n) is 11.2. The van der Waals surface area contributed by atoms with E-state index in [9.17, 15) is 13.2 Å². The molecule has 1 N–H and O–H groups in total. The van der Waals surface area contributed by atoms with Crippen molar-refractivity contribution in [1.82, 2.24) is 15.2 Å². The Hall–Kier alpha value is -2.94. The molecule has 2 bridgehead atoms. The molecule has 1 aromatic carbocycles. The van der Waals surface area contributed by atoms with E-state index in [-0.39, 0.29) is 5.56 Å². The van der Waals surface area contributed by atoms with Crippen molar-refractivity contribution in [3.8, 4) is 0 Å². The normalized spacial score (nSPS) is 21.1. The minimum atomic E-state index is -2.88. The number of halogens is 3. The number of hydrogen-bond donors (Lipinski definition) is 1. The van der Waals surface area contributed by atoms with Crippen LogP contribution in [0.1, 0.15) is 54.7 Å². The number of benzene rings is 1. The summed E-state index contributed by atoms with van der Waals surface area (Å²) >= 11 is 0. The minimum Gasteiger partial charge on any atom is -0.377 e. The van der Waals surface area contributed by atoms with Crippen LogP contribution in [-0.2, 0) is 4.74 Å². The largest absolute Gasteiger partial charge is 0.377 e. The fraction of sp³-hybridized carbons (Fsp3) is 0.458. The van der Waals surface area contributed by atoms with Gasteiger partial charge in [0.25, 0.3) is 6.43 Å². The average Bonchev–Trinajstić information content (AvgIpc) is 3.02. The number of ether oxygens (including phenoxy) is 1. The van der Waals surface area contributed by atoms with Gasteiger partial charge in [0.2, 0.25) is 0 Å². The Morgan fingerprint density at radius 3 is 2.45 bits per heavy atom. The van der Waals surface area contributed by atoms with Crippen molar-refractivity contribution >= 4 is 22.4 Å². The minimum absolute atomic E-state index is 0.148. The highest BCUT2D eigenvalue weighted by Crippen LogP contribution is 2.38. The van der Waals surface area contributed by atoms with Crippen molar-refractivity contribution in [3.05, 3.63) is 52.6 Å². The van der Waals surface area contributed by atoms with Gasteiger partial charge >= 0.3 is 0 Å². The summed E-state index contributed by atoms with van der Waals surface area (Å²) in [6.07, 6.45) is -0.717. The van der Waals surface area contributed by atoms with Crippen molar-refractivity contribution < 1.29 is 17.9 Å². The molecule has 0 amide bonds. The van der Waals surface area contributed by atoms with Crippen LogP contribution in [0.15, 0.2) is 24.3 Å². The van der Waals surface area contributed by atoms with Crippen LogP contribution in [0.25, 0.3) is 10.9 Å². The number of hydrogen-bond acceptors (Lipinski definition) is 6. The third-order valence-electron chi connectivity index (χ3n) is 6.72. The van der Waals surface area contributed by atoms with Crippen molar-refractivity contribution in [2.24, 2.45) is 0 Å². The van der Waals surface area contributed by atoms with Crippen molar-refractivity contribution in [3.63, 3.8) is 0 Å². The Morgan fingerprint density at radius 1 is 1.06 bits per heavy atom. The molecule has 5 rings (SSSR count). The lowest BCUT2D eigenvalue weighted by Crippen LogP contribution is -2.46. The first-order valence-corrected chi connectivity index (χ1v) is 11.2. The molecule has 0 spiro atoms. The third-order valence-corrected chi connectivity index (χ3v) is 6.72. The van der Waals surface area contributed by atoms with E-state index in [1.165, 1.54) is 12.1 Å². The Morgan fingerprint density at radius 2 is 1.76 bits per heavy atom. The lowest BCUT2D eigenvalue weighted by atomic mass is 10.0. The number of alkyl halides is 2. The van der Waals surface area contributed by atoms with E-state index >= 15 is 0 Å². The second-order valence-electron chi connectivity index (χ2n) is 8.87. The molecule has 2 saturated heterocycles. The Bertz CT molecular complexity index is 1190. The average molecular weight is 458 g/mol. The predicted octanol–water partition coefficient (Wildman–Crippen LogP) is 5.26. The maximum absolute atomic E-state index is 14.7. The van der Waals surface area contributed by atoms with Crippen molar-refractivity contribution in [2.45, 2.75) is 58.2 Å². The lowest BCUT2D eigenvalue weighted by Gasteiger charge is -2.37. The molecular formula is C24H26F3N5O. The second-order valence-corrected chi connectivity index (χ2v) is 8.87. The van der Waals surface area contributed by atoms with Crippen LogP contribution in [0.4, 0.5) is 24.7 Å². The van der Waals surface area contributed by atoms with Crippen molar-refractivity contribution in [2.75, 3.05) is 23.4 Å². The zero-order valence-electron chi connectivity index (χ0n) is 18.8. The molecule has 2 aliphatic heterocycles. The molecule has 2 unspecified atom stereocenters. The van der Waals surface area contributed by atoms with Gasteiger partial charge in [0, 0.05) is 10.9 Å². The molecule has 3 aromatic rings. The number of anilines is 2. The standard InChI is InChI=1S/C24H26F3N5O/c1-12(17-5-4-6-18(21(17)25)23(26)27)29-24-19-9-20(13(2)28-22(19)14(3)30-31-24)32-15-7-8-16(32)11-33-10-15/h4-6,9,12,15-16,23H,7-8,10-11H2,1-3H3,(H,29,31)/t12-,15?,16?/m1/s1. The van der Waals surface area contributed by atoms with E-state index in [0.717, 1.165) is 35.7 Å². The quantitative estimate of drug-likeness (QED) is 0.564. The number of morpholine rings is 1. The molecule has 2 aromatic heterocycles. The van der Waals surface area contributed by atoms with E-state index in [4.69, 9.17) is 9.72 Å². The summed E-state index contributed by atoms with van der Waals surface area (Å²) in [5, 5.41) is 12.5. The summed E-state index contributed by atoms with van der Waals surface area (Å²) in [4.78, 5) is 7.25. The fourth-order valence-corrected chi connectivity index (χ4v) is 5.02. The van der Waals surface area contributed by atoms with Gasteiger partial charge in [-0.25, -0.2) is 18.2 Å². The zero-order valence-corrected chi connectivity index (χ0v) is 18.8. The number of fused-ring (bicyclic) bond motifs is 3. The number of nitrogens with zero attached hydrogens (tertiary/aromatic N) is 4. The van der Waals surface area contributed by atoms with Crippen LogP contribution in [0, 0.1) is 19.7 Å². The third kappa shape index (κ3) is 3.78. The first kappa shape index (κ1) is 21.9. The number of aryl methyl sites for hydroxylation is 2. The SMILES string of the molecule is Cc1nc2c(C)nnc(N[C@H](C)c3cccc(C(F)F)c3F)c2cc1N1C2CCC1COC2. The molecule has 0 radical (unpaired) electrons. The summed E-state index contributed by atoms with van der Waals surface area (Å²) in [5.41, 5.74) is 2.88. The Kier molecular flexibility index (Phi) is 5.60. The van der Waals surface area contributed by atoms with Gasteiger partial charge in [0.05, 0.1) is 59.5 Å². The highest BCUT2D eigenvalue weighted by Gasteiger charge is 2.38. The maximum Gasteiger partial charge on any atom is 0.266 e. The van der Waals surface area contributed by atoms with Crippen LogP contribution < -0.4 is 10.2 Å². The molecule has 4 heterocycles. The Balaban J connectivity index is 1.55. The van der Waals surface area contributed by atoms with Gasteiger partial charge in [-0.3, -0.25) is 0 Å². The van der Waals surface area contributed by atoms with Gasteiger partial charge in [-0.15, -0.1) is 5.10 Å². The zero-order chi connectivity index (χ0) is 23.3. The summed E-state index contributed by atoms with van der Waals surface area (Å²) in [6.45, 7) is 6.95. The highest BCUT2D eigenvalue weighted by atomic mass is 19.3. The lowest BCUT2D eigenvalue weighted by molar-refractivity contribution is 0.0906. The molecule has 6 nitrogen and oxygen atoms in total. The maximum atomic E-state index is 14.7. The van der Waals surface area contributed by atoms with Gasteiger partial charge in [0.15, 0.2) is 5.82 Å². The summed E-state index contributed by atoms with van der Waals surface area (Å²) in [7, 11) is 0. The number of aromatic nitrogens is 3. The molecule has 3 atom stereocenters. The molecule has 2 aliphatic rings. The van der Waals surface area contributed by atoms with Gasteiger partial charge in [-0.1, -0.05) is 18.2 Å². The topological polar surface area (TPSA) is 63.2 Å². The van der Waals surface area contributed by atoms with E-state index in [1.54, 1.807) is 6.92 Å².